The summed E-state index contributed by atoms with van der Waals surface area (Å²) in [7, 11) is 0. The van der Waals surface area contributed by atoms with Crippen LogP contribution in [0.3, 0.4) is 0 Å². The first-order valence-corrected chi connectivity index (χ1v) is 6.25. The first-order chi connectivity index (χ1) is 11.2. The molecule has 0 N–H and O–H groups in total. The Bertz CT molecular complexity index is 849. The summed E-state index contributed by atoms with van der Waals surface area (Å²) in [5, 5.41) is 22.2. The van der Waals surface area contributed by atoms with Crippen LogP contribution in [0, 0.1) is 20.2 Å². The maximum absolute atomic E-state index is 13.2. The van der Waals surface area contributed by atoms with Gasteiger partial charge in [-0.25, -0.2) is 0 Å². The van der Waals surface area contributed by atoms with Crippen LogP contribution >= 0.6 is 0 Å². The second kappa shape index (κ2) is 6.07. The van der Waals surface area contributed by atoms with E-state index in [9.17, 15) is 38.2 Å². The smallest absolute Gasteiger partial charge is 0.298 e. The largest absolute Gasteiger partial charge is 0.417 e. The number of nitro groups is 2. The van der Waals surface area contributed by atoms with Crippen molar-refractivity contribution in [1.82, 2.24) is 0 Å². The number of benzene rings is 2. The van der Waals surface area contributed by atoms with E-state index in [4.69, 9.17) is 0 Å². The highest BCUT2D eigenvalue weighted by molar-refractivity contribution is 5.87. The fourth-order valence-corrected chi connectivity index (χ4v) is 2.20. The number of nitrogens with zero attached hydrogens (tertiary/aromatic N) is 2. The van der Waals surface area contributed by atoms with E-state index >= 15 is 0 Å². The lowest BCUT2D eigenvalue weighted by molar-refractivity contribution is -0.386. The van der Waals surface area contributed by atoms with Crippen LogP contribution in [0.4, 0.5) is 24.5 Å². The number of hydrogen-bond donors (Lipinski definition) is 0. The number of nitro benzene ring substituents is 2. The van der Waals surface area contributed by atoms with E-state index in [2.05, 4.69) is 0 Å². The Morgan fingerprint density at radius 1 is 0.958 bits per heavy atom. The van der Waals surface area contributed by atoms with E-state index in [-0.39, 0.29) is 11.8 Å². The van der Waals surface area contributed by atoms with Gasteiger partial charge in [0.25, 0.3) is 11.4 Å². The van der Waals surface area contributed by atoms with E-state index in [1.54, 1.807) is 0 Å². The van der Waals surface area contributed by atoms with E-state index in [0.29, 0.717) is 6.07 Å². The number of aldehydes is 1. The SMILES string of the molecule is O=Cc1ccc(-c2c([N+](=O)[O-])cccc2C(F)(F)F)c([N+](=O)[O-])c1. The van der Waals surface area contributed by atoms with Gasteiger partial charge in [0.1, 0.15) is 6.29 Å². The van der Waals surface area contributed by atoms with Gasteiger partial charge in [0, 0.05) is 17.7 Å². The third-order valence-corrected chi connectivity index (χ3v) is 3.17. The summed E-state index contributed by atoms with van der Waals surface area (Å²) in [6, 6.07) is 4.96. The van der Waals surface area contributed by atoms with Crippen LogP contribution in [-0.4, -0.2) is 16.1 Å². The number of rotatable bonds is 4. The molecule has 10 heteroatoms. The summed E-state index contributed by atoms with van der Waals surface area (Å²) in [5.74, 6) is 0. The minimum atomic E-state index is -4.96. The molecular weight excluding hydrogens is 333 g/mol. The molecule has 0 saturated heterocycles. The fourth-order valence-electron chi connectivity index (χ4n) is 2.20. The molecule has 2 rings (SSSR count). The van der Waals surface area contributed by atoms with Crippen LogP contribution in [0.25, 0.3) is 11.1 Å². The molecule has 0 aliphatic rings. The normalized spacial score (nSPS) is 11.1. The van der Waals surface area contributed by atoms with Crippen molar-refractivity contribution < 1.29 is 27.8 Å². The van der Waals surface area contributed by atoms with Gasteiger partial charge in [-0.3, -0.25) is 25.0 Å². The highest BCUT2D eigenvalue weighted by atomic mass is 19.4. The molecule has 0 saturated carbocycles. The van der Waals surface area contributed by atoms with E-state index in [0.717, 1.165) is 30.3 Å². The predicted octanol–water partition coefficient (Wildman–Crippen LogP) is 4.00. The average molecular weight is 340 g/mol. The van der Waals surface area contributed by atoms with Crippen molar-refractivity contribution in [2.45, 2.75) is 6.18 Å². The highest BCUT2D eigenvalue weighted by Crippen LogP contribution is 2.44. The molecule has 7 nitrogen and oxygen atoms in total. The summed E-state index contributed by atoms with van der Waals surface area (Å²) in [4.78, 5) is 30.9. The zero-order valence-electron chi connectivity index (χ0n) is 11.6. The monoisotopic (exact) mass is 340 g/mol. The lowest BCUT2D eigenvalue weighted by atomic mass is 9.95. The number of carbonyl (C=O) groups is 1. The Hall–Kier alpha value is -3.30. The predicted molar refractivity (Wildman–Crippen MR) is 75.6 cm³/mol. The molecule has 0 spiro atoms. The van der Waals surface area contributed by atoms with Crippen molar-refractivity contribution in [3.63, 3.8) is 0 Å². The van der Waals surface area contributed by atoms with Crippen LogP contribution in [0.15, 0.2) is 36.4 Å². The highest BCUT2D eigenvalue weighted by Gasteiger charge is 2.39. The van der Waals surface area contributed by atoms with Gasteiger partial charge >= 0.3 is 6.18 Å². The van der Waals surface area contributed by atoms with E-state index < -0.39 is 44.1 Å². The summed E-state index contributed by atoms with van der Waals surface area (Å²) < 4.78 is 39.6. The zero-order valence-corrected chi connectivity index (χ0v) is 11.6. The minimum absolute atomic E-state index is 0.141. The van der Waals surface area contributed by atoms with Gasteiger partial charge < -0.3 is 0 Å². The number of alkyl halides is 3. The van der Waals surface area contributed by atoms with Crippen LogP contribution in [0.5, 0.6) is 0 Å². The topological polar surface area (TPSA) is 103 Å². The van der Waals surface area contributed by atoms with Crippen molar-refractivity contribution in [2.24, 2.45) is 0 Å². The molecule has 0 atom stereocenters. The van der Waals surface area contributed by atoms with Crippen molar-refractivity contribution in [2.75, 3.05) is 0 Å². The molecule has 2 aromatic rings. The summed E-state index contributed by atoms with van der Waals surface area (Å²) >= 11 is 0. The number of carbonyl (C=O) groups excluding carboxylic acids is 1. The lowest BCUT2D eigenvalue weighted by Crippen LogP contribution is -2.09. The second-order valence-electron chi connectivity index (χ2n) is 4.61. The van der Waals surface area contributed by atoms with Crippen LogP contribution < -0.4 is 0 Å². The lowest BCUT2D eigenvalue weighted by Gasteiger charge is -2.13. The molecule has 0 aromatic heterocycles. The second-order valence-corrected chi connectivity index (χ2v) is 4.61. The molecule has 0 bridgehead atoms. The Morgan fingerprint density at radius 3 is 2.08 bits per heavy atom. The van der Waals surface area contributed by atoms with E-state index in [1.807, 2.05) is 0 Å². The molecule has 0 aliphatic carbocycles. The zero-order chi connectivity index (χ0) is 18.1. The van der Waals surface area contributed by atoms with Gasteiger partial charge in [0.05, 0.1) is 26.5 Å². The Labute approximate surface area is 131 Å². The molecular formula is C14H7F3N2O5. The van der Waals surface area contributed by atoms with Gasteiger partial charge in [0.15, 0.2) is 0 Å². The third kappa shape index (κ3) is 3.07. The van der Waals surface area contributed by atoms with Crippen molar-refractivity contribution >= 4 is 17.7 Å². The molecule has 0 unspecified atom stereocenters. The van der Waals surface area contributed by atoms with Crippen molar-refractivity contribution in [1.29, 1.82) is 0 Å². The number of halogens is 3. The van der Waals surface area contributed by atoms with Gasteiger partial charge in [-0.15, -0.1) is 0 Å². The Balaban J connectivity index is 2.93. The molecule has 0 heterocycles. The maximum Gasteiger partial charge on any atom is 0.417 e. The molecule has 2 aromatic carbocycles. The molecule has 124 valence electrons. The van der Waals surface area contributed by atoms with Crippen LogP contribution in [-0.2, 0) is 6.18 Å². The van der Waals surface area contributed by atoms with Crippen molar-refractivity contribution in [3.8, 4) is 11.1 Å². The minimum Gasteiger partial charge on any atom is -0.298 e. The summed E-state index contributed by atoms with van der Waals surface area (Å²) in [5.41, 5.74) is -4.79. The van der Waals surface area contributed by atoms with Crippen molar-refractivity contribution in [3.05, 3.63) is 67.8 Å². The van der Waals surface area contributed by atoms with Gasteiger partial charge in [-0.2, -0.15) is 13.2 Å². The standard InChI is InChI=1S/C14H7F3N2O5/c15-14(16,17)10-2-1-3-11(18(21)22)13(10)9-5-4-8(7-20)6-12(9)19(23)24/h1-7H. The Kier molecular flexibility index (Phi) is 4.31. The number of hydrogen-bond acceptors (Lipinski definition) is 5. The van der Waals surface area contributed by atoms with Crippen LogP contribution in [0.2, 0.25) is 0 Å². The van der Waals surface area contributed by atoms with Gasteiger partial charge in [0.2, 0.25) is 0 Å². The fraction of sp³-hybridized carbons (Fsp3) is 0.0714. The first-order valence-electron chi connectivity index (χ1n) is 6.25. The third-order valence-electron chi connectivity index (χ3n) is 3.17. The molecule has 24 heavy (non-hydrogen) atoms. The first kappa shape index (κ1) is 17.1. The molecule has 0 aliphatic heterocycles. The van der Waals surface area contributed by atoms with E-state index in [1.165, 1.54) is 0 Å². The average Bonchev–Trinajstić information content (AvgIpc) is 2.52. The quantitative estimate of drug-likeness (QED) is 0.475. The molecule has 0 fully saturated rings. The summed E-state index contributed by atoms with van der Waals surface area (Å²) in [6.07, 6.45) is -4.68. The summed E-state index contributed by atoms with van der Waals surface area (Å²) in [6.45, 7) is 0. The van der Waals surface area contributed by atoms with Gasteiger partial charge in [-0.05, 0) is 12.1 Å². The molecule has 0 radical (unpaired) electrons. The Morgan fingerprint density at radius 2 is 1.58 bits per heavy atom. The maximum atomic E-state index is 13.2. The van der Waals surface area contributed by atoms with Gasteiger partial charge in [-0.1, -0.05) is 12.1 Å². The molecule has 0 amide bonds. The van der Waals surface area contributed by atoms with Crippen LogP contribution in [0.1, 0.15) is 15.9 Å².